The lowest BCUT2D eigenvalue weighted by Gasteiger charge is -2.46. The summed E-state index contributed by atoms with van der Waals surface area (Å²) in [6.07, 6.45) is 4.72. The molecule has 0 bridgehead atoms. The zero-order chi connectivity index (χ0) is 15.0. The number of thiophene rings is 1. The summed E-state index contributed by atoms with van der Waals surface area (Å²) in [5.41, 5.74) is -0.643. The van der Waals surface area contributed by atoms with E-state index in [-0.39, 0.29) is 11.8 Å². The second-order valence-electron chi connectivity index (χ2n) is 5.97. The molecule has 0 radical (unpaired) electrons. The van der Waals surface area contributed by atoms with E-state index in [2.05, 4.69) is 21.2 Å². The maximum atomic E-state index is 13.0. The molecule has 2 aliphatic rings. The standard InChI is InChI=1S/C15H19BrN2O2S/c1-10-13(19)17-15(5-3-2-4-6-15)14(20)18(10)8-12-7-11(16)9-21-12/h7,9-10H,2-6,8H2,1H3,(H,17,19). The largest absolute Gasteiger partial charge is 0.340 e. The summed E-state index contributed by atoms with van der Waals surface area (Å²) < 4.78 is 1.02. The van der Waals surface area contributed by atoms with Crippen molar-refractivity contribution >= 4 is 39.1 Å². The van der Waals surface area contributed by atoms with Crippen molar-refractivity contribution < 1.29 is 9.59 Å². The molecule has 1 saturated carbocycles. The molecule has 1 aromatic heterocycles. The molecule has 1 spiro atoms. The lowest BCUT2D eigenvalue weighted by atomic mass is 9.78. The number of piperazine rings is 1. The Labute approximate surface area is 137 Å². The normalized spacial score (nSPS) is 25.2. The second-order valence-corrected chi connectivity index (χ2v) is 7.88. The molecule has 3 rings (SSSR count). The summed E-state index contributed by atoms with van der Waals surface area (Å²) in [5, 5.41) is 5.02. The van der Waals surface area contributed by atoms with Crippen LogP contribution in [0.3, 0.4) is 0 Å². The fraction of sp³-hybridized carbons (Fsp3) is 0.600. The summed E-state index contributed by atoms with van der Waals surface area (Å²) in [4.78, 5) is 28.1. The van der Waals surface area contributed by atoms with Crippen LogP contribution in [0.5, 0.6) is 0 Å². The highest BCUT2D eigenvalue weighted by Gasteiger charge is 2.49. The molecule has 1 aliphatic heterocycles. The molecule has 1 N–H and O–H groups in total. The lowest BCUT2D eigenvalue weighted by Crippen LogP contribution is -2.69. The molecule has 1 saturated heterocycles. The van der Waals surface area contributed by atoms with Crippen LogP contribution in [0.1, 0.15) is 43.9 Å². The quantitative estimate of drug-likeness (QED) is 0.869. The van der Waals surface area contributed by atoms with E-state index in [1.807, 2.05) is 18.4 Å². The molecule has 1 atom stereocenters. The number of hydrogen-bond acceptors (Lipinski definition) is 3. The third-order valence-electron chi connectivity index (χ3n) is 4.53. The fourth-order valence-electron chi connectivity index (χ4n) is 3.29. The first-order valence-corrected chi connectivity index (χ1v) is 9.05. The molecule has 2 fully saturated rings. The number of carbonyl (C=O) groups is 2. The monoisotopic (exact) mass is 370 g/mol. The van der Waals surface area contributed by atoms with Crippen molar-refractivity contribution in [2.45, 2.75) is 57.2 Å². The van der Waals surface area contributed by atoms with Gasteiger partial charge in [-0.3, -0.25) is 9.59 Å². The Hall–Kier alpha value is -0.880. The smallest absolute Gasteiger partial charge is 0.249 e. The predicted octanol–water partition coefficient (Wildman–Crippen LogP) is 3.06. The van der Waals surface area contributed by atoms with Crippen LogP contribution in [0.25, 0.3) is 0 Å². The van der Waals surface area contributed by atoms with Gasteiger partial charge in [0.25, 0.3) is 0 Å². The highest BCUT2D eigenvalue weighted by Crippen LogP contribution is 2.34. The first-order chi connectivity index (χ1) is 10.0. The number of halogens is 1. The summed E-state index contributed by atoms with van der Waals surface area (Å²) in [5.74, 6) is 0.0749. The third kappa shape index (κ3) is 2.75. The van der Waals surface area contributed by atoms with Gasteiger partial charge in [-0.05, 0) is 41.8 Å². The van der Waals surface area contributed by atoms with Crippen molar-refractivity contribution in [3.8, 4) is 0 Å². The van der Waals surface area contributed by atoms with Crippen molar-refractivity contribution in [3.63, 3.8) is 0 Å². The van der Waals surface area contributed by atoms with E-state index in [0.29, 0.717) is 6.54 Å². The van der Waals surface area contributed by atoms with Gasteiger partial charge in [-0.2, -0.15) is 0 Å². The second kappa shape index (κ2) is 5.72. The summed E-state index contributed by atoms with van der Waals surface area (Å²) >= 11 is 5.05. The number of carbonyl (C=O) groups excluding carboxylic acids is 2. The van der Waals surface area contributed by atoms with Gasteiger partial charge in [0.2, 0.25) is 11.8 Å². The Morgan fingerprint density at radius 1 is 1.38 bits per heavy atom. The van der Waals surface area contributed by atoms with E-state index in [9.17, 15) is 9.59 Å². The van der Waals surface area contributed by atoms with Gasteiger partial charge in [-0.15, -0.1) is 11.3 Å². The molecular weight excluding hydrogens is 352 g/mol. The minimum atomic E-state index is -0.643. The van der Waals surface area contributed by atoms with E-state index in [0.717, 1.165) is 41.5 Å². The molecule has 1 aliphatic carbocycles. The Morgan fingerprint density at radius 3 is 2.71 bits per heavy atom. The third-order valence-corrected chi connectivity index (χ3v) is 6.22. The molecule has 2 heterocycles. The van der Waals surface area contributed by atoms with Gasteiger partial charge in [0.1, 0.15) is 11.6 Å². The van der Waals surface area contributed by atoms with Crippen LogP contribution in [-0.4, -0.2) is 28.3 Å². The molecule has 4 nitrogen and oxygen atoms in total. The van der Waals surface area contributed by atoms with Crippen LogP contribution in [0.2, 0.25) is 0 Å². The van der Waals surface area contributed by atoms with E-state index < -0.39 is 11.6 Å². The number of amides is 2. The number of rotatable bonds is 2. The zero-order valence-electron chi connectivity index (χ0n) is 12.0. The van der Waals surface area contributed by atoms with Gasteiger partial charge >= 0.3 is 0 Å². The van der Waals surface area contributed by atoms with Gasteiger partial charge < -0.3 is 10.2 Å². The van der Waals surface area contributed by atoms with Crippen LogP contribution in [0, 0.1) is 0 Å². The molecular formula is C15H19BrN2O2S. The molecule has 0 aromatic carbocycles. The molecule has 21 heavy (non-hydrogen) atoms. The van der Waals surface area contributed by atoms with E-state index in [1.165, 1.54) is 0 Å². The SMILES string of the molecule is CC1C(=O)NC2(CCCCC2)C(=O)N1Cc1cc(Br)cs1. The minimum Gasteiger partial charge on any atom is -0.340 e. The van der Waals surface area contributed by atoms with Crippen LogP contribution >= 0.6 is 27.3 Å². The van der Waals surface area contributed by atoms with Gasteiger partial charge in [0.05, 0.1) is 6.54 Å². The van der Waals surface area contributed by atoms with E-state index in [1.54, 1.807) is 16.2 Å². The fourth-order valence-corrected chi connectivity index (χ4v) is 4.74. The summed E-state index contributed by atoms with van der Waals surface area (Å²) in [6.45, 7) is 2.33. The molecule has 1 aromatic rings. The number of nitrogens with one attached hydrogen (secondary N) is 1. The average molecular weight is 371 g/mol. The van der Waals surface area contributed by atoms with Crippen molar-refractivity contribution in [2.75, 3.05) is 0 Å². The zero-order valence-corrected chi connectivity index (χ0v) is 14.4. The van der Waals surface area contributed by atoms with Crippen LogP contribution in [0.4, 0.5) is 0 Å². The van der Waals surface area contributed by atoms with Crippen molar-refractivity contribution in [1.29, 1.82) is 0 Å². The van der Waals surface area contributed by atoms with Crippen LogP contribution < -0.4 is 5.32 Å². The predicted molar refractivity (Wildman–Crippen MR) is 86.0 cm³/mol. The Morgan fingerprint density at radius 2 is 2.10 bits per heavy atom. The van der Waals surface area contributed by atoms with Crippen molar-refractivity contribution in [1.82, 2.24) is 10.2 Å². The molecule has 6 heteroatoms. The topological polar surface area (TPSA) is 49.4 Å². The van der Waals surface area contributed by atoms with Crippen molar-refractivity contribution in [3.05, 3.63) is 20.8 Å². The minimum absolute atomic E-state index is 0.0212. The van der Waals surface area contributed by atoms with E-state index in [4.69, 9.17) is 0 Å². The molecule has 114 valence electrons. The van der Waals surface area contributed by atoms with Gasteiger partial charge in [-0.1, -0.05) is 19.3 Å². The number of hydrogen-bond donors (Lipinski definition) is 1. The van der Waals surface area contributed by atoms with Gasteiger partial charge in [0, 0.05) is 14.7 Å². The number of nitrogens with zero attached hydrogens (tertiary/aromatic N) is 1. The average Bonchev–Trinajstić information content (AvgIpc) is 2.88. The molecule has 1 unspecified atom stereocenters. The van der Waals surface area contributed by atoms with Crippen LogP contribution in [0.15, 0.2) is 15.9 Å². The maximum Gasteiger partial charge on any atom is 0.249 e. The highest BCUT2D eigenvalue weighted by atomic mass is 79.9. The first-order valence-electron chi connectivity index (χ1n) is 7.38. The van der Waals surface area contributed by atoms with Gasteiger partial charge in [-0.25, -0.2) is 0 Å². The Kier molecular flexibility index (Phi) is 4.10. The van der Waals surface area contributed by atoms with E-state index >= 15 is 0 Å². The highest BCUT2D eigenvalue weighted by molar-refractivity contribution is 9.10. The van der Waals surface area contributed by atoms with Gasteiger partial charge in [0.15, 0.2) is 0 Å². The Bertz CT molecular complexity index is 566. The first kappa shape index (κ1) is 15.0. The maximum absolute atomic E-state index is 13.0. The summed E-state index contributed by atoms with van der Waals surface area (Å²) in [7, 11) is 0. The van der Waals surface area contributed by atoms with Crippen LogP contribution in [-0.2, 0) is 16.1 Å². The summed E-state index contributed by atoms with van der Waals surface area (Å²) in [6, 6.07) is 1.62. The Balaban J connectivity index is 1.86. The van der Waals surface area contributed by atoms with Crippen molar-refractivity contribution in [2.24, 2.45) is 0 Å². The molecule has 2 amide bonds. The lowest BCUT2D eigenvalue weighted by molar-refractivity contribution is -0.156.